The fraction of sp³-hybridized carbons (Fsp3) is 0.188. The van der Waals surface area contributed by atoms with Gasteiger partial charge in [-0.15, -0.1) is 0 Å². The molecule has 0 heterocycles. The van der Waals surface area contributed by atoms with Crippen molar-refractivity contribution in [1.29, 1.82) is 0 Å². The smallest absolute Gasteiger partial charge is 0.416 e. The summed E-state index contributed by atoms with van der Waals surface area (Å²) < 4.78 is 43.3. The second kappa shape index (κ2) is 6.40. The van der Waals surface area contributed by atoms with Crippen LogP contribution in [0.1, 0.15) is 28.4 Å². The average Bonchev–Trinajstić information content (AvgIpc) is 2.44. The molecule has 0 bridgehead atoms. The molecular weight excluding hydrogens is 317 g/mol. The Kier molecular flexibility index (Phi) is 4.76. The first-order chi connectivity index (χ1) is 10.3. The molecule has 2 aromatic rings. The molecule has 0 amide bonds. The Morgan fingerprint density at radius 3 is 2.50 bits per heavy atom. The van der Waals surface area contributed by atoms with Crippen LogP contribution in [0.2, 0.25) is 5.02 Å². The maximum atomic E-state index is 12.6. The molecule has 0 aliphatic carbocycles. The van der Waals surface area contributed by atoms with Crippen molar-refractivity contribution in [3.63, 3.8) is 0 Å². The molecule has 2 nitrogen and oxygen atoms in total. The van der Waals surface area contributed by atoms with Gasteiger partial charge in [0, 0.05) is 5.56 Å². The maximum absolute atomic E-state index is 12.6. The number of ether oxygens (including phenoxy) is 1. The standard InChI is InChI=1S/C16H12ClF3O2/c1-10(21)14-6-5-13(8-15(14)17)22-9-11-3-2-4-12(7-11)16(18,19)20/h2-8H,9H2,1H3. The molecule has 0 aliphatic heterocycles. The molecule has 2 aromatic carbocycles. The van der Waals surface area contributed by atoms with Gasteiger partial charge in [0.15, 0.2) is 5.78 Å². The molecule has 22 heavy (non-hydrogen) atoms. The van der Waals surface area contributed by atoms with Crippen LogP contribution in [0.5, 0.6) is 5.75 Å². The van der Waals surface area contributed by atoms with Crippen molar-refractivity contribution in [3.8, 4) is 5.75 Å². The molecule has 6 heteroatoms. The number of ketones is 1. The fourth-order valence-electron chi connectivity index (χ4n) is 1.88. The van der Waals surface area contributed by atoms with Crippen LogP contribution < -0.4 is 4.74 Å². The van der Waals surface area contributed by atoms with E-state index in [-0.39, 0.29) is 17.4 Å². The van der Waals surface area contributed by atoms with Crippen molar-refractivity contribution in [2.24, 2.45) is 0 Å². The molecule has 0 unspecified atom stereocenters. The zero-order chi connectivity index (χ0) is 16.3. The highest BCUT2D eigenvalue weighted by Gasteiger charge is 2.30. The van der Waals surface area contributed by atoms with E-state index in [0.717, 1.165) is 12.1 Å². The molecule has 0 spiro atoms. The van der Waals surface area contributed by atoms with Crippen LogP contribution in [0, 0.1) is 0 Å². The van der Waals surface area contributed by atoms with Crippen LogP contribution in [-0.2, 0) is 12.8 Å². The van der Waals surface area contributed by atoms with Gasteiger partial charge < -0.3 is 4.74 Å². The van der Waals surface area contributed by atoms with Gasteiger partial charge in [0.25, 0.3) is 0 Å². The minimum absolute atomic E-state index is 0.0281. The molecular formula is C16H12ClF3O2. The monoisotopic (exact) mass is 328 g/mol. The van der Waals surface area contributed by atoms with Crippen molar-refractivity contribution in [2.45, 2.75) is 19.7 Å². The summed E-state index contributed by atoms with van der Waals surface area (Å²) in [5.41, 5.74) is 0.0354. The Balaban J connectivity index is 2.10. The van der Waals surface area contributed by atoms with Crippen LogP contribution in [0.25, 0.3) is 0 Å². The first-order valence-electron chi connectivity index (χ1n) is 6.37. The lowest BCUT2D eigenvalue weighted by Gasteiger charge is -2.10. The topological polar surface area (TPSA) is 26.3 Å². The SMILES string of the molecule is CC(=O)c1ccc(OCc2cccc(C(F)(F)F)c2)cc1Cl. The van der Waals surface area contributed by atoms with Crippen LogP contribution in [0.4, 0.5) is 13.2 Å². The molecule has 2 rings (SSSR count). The summed E-state index contributed by atoms with van der Waals surface area (Å²) >= 11 is 5.94. The molecule has 0 saturated carbocycles. The molecule has 0 saturated heterocycles. The van der Waals surface area contributed by atoms with Gasteiger partial charge in [0.1, 0.15) is 12.4 Å². The number of alkyl halides is 3. The van der Waals surface area contributed by atoms with E-state index in [1.165, 1.54) is 25.1 Å². The van der Waals surface area contributed by atoms with Gasteiger partial charge in [0.2, 0.25) is 0 Å². The number of benzene rings is 2. The van der Waals surface area contributed by atoms with Crippen molar-refractivity contribution in [2.75, 3.05) is 0 Å². The van der Waals surface area contributed by atoms with Crippen LogP contribution in [0.15, 0.2) is 42.5 Å². The lowest BCUT2D eigenvalue weighted by atomic mass is 10.1. The van der Waals surface area contributed by atoms with Crippen LogP contribution >= 0.6 is 11.6 Å². The predicted octanol–water partition coefficient (Wildman–Crippen LogP) is 5.14. The molecule has 0 atom stereocenters. The Labute approximate surface area is 130 Å². The highest BCUT2D eigenvalue weighted by molar-refractivity contribution is 6.34. The number of rotatable bonds is 4. The van der Waals surface area contributed by atoms with Gasteiger partial charge in [-0.05, 0) is 42.8 Å². The number of hydrogen-bond donors (Lipinski definition) is 0. The third kappa shape index (κ3) is 4.01. The normalized spacial score (nSPS) is 11.3. The number of Topliss-reactive ketones (excluding diaryl/α,β-unsaturated/α-hetero) is 1. The van der Waals surface area contributed by atoms with Crippen molar-refractivity contribution in [1.82, 2.24) is 0 Å². The molecule has 0 N–H and O–H groups in total. The highest BCUT2D eigenvalue weighted by Crippen LogP contribution is 2.30. The summed E-state index contributed by atoms with van der Waals surface area (Å²) in [5.74, 6) is 0.210. The van der Waals surface area contributed by atoms with E-state index < -0.39 is 11.7 Å². The predicted molar refractivity (Wildman–Crippen MR) is 77.2 cm³/mol. The Hall–Kier alpha value is -2.01. The summed E-state index contributed by atoms with van der Waals surface area (Å²) in [4.78, 5) is 11.3. The van der Waals surface area contributed by atoms with Gasteiger partial charge in [-0.2, -0.15) is 13.2 Å². The fourth-order valence-corrected chi connectivity index (χ4v) is 2.18. The quantitative estimate of drug-likeness (QED) is 0.726. The zero-order valence-electron chi connectivity index (χ0n) is 11.6. The van der Waals surface area contributed by atoms with Gasteiger partial charge >= 0.3 is 6.18 Å². The molecule has 116 valence electrons. The highest BCUT2D eigenvalue weighted by atomic mass is 35.5. The summed E-state index contributed by atoms with van der Waals surface area (Å²) in [5, 5.41) is 0.244. The largest absolute Gasteiger partial charge is 0.489 e. The Morgan fingerprint density at radius 2 is 1.91 bits per heavy atom. The van der Waals surface area contributed by atoms with Crippen LogP contribution in [0.3, 0.4) is 0 Å². The summed E-state index contributed by atoms with van der Waals surface area (Å²) in [6.07, 6.45) is -4.39. The Morgan fingerprint density at radius 1 is 1.18 bits per heavy atom. The van der Waals surface area contributed by atoms with Gasteiger partial charge in [-0.1, -0.05) is 23.7 Å². The van der Waals surface area contributed by atoms with E-state index in [2.05, 4.69) is 0 Å². The van der Waals surface area contributed by atoms with E-state index in [1.54, 1.807) is 12.1 Å². The molecule has 0 aromatic heterocycles. The van der Waals surface area contributed by atoms with Crippen molar-refractivity contribution < 1.29 is 22.7 Å². The van der Waals surface area contributed by atoms with E-state index in [0.29, 0.717) is 16.9 Å². The van der Waals surface area contributed by atoms with E-state index in [9.17, 15) is 18.0 Å². The van der Waals surface area contributed by atoms with E-state index >= 15 is 0 Å². The van der Waals surface area contributed by atoms with Gasteiger partial charge in [-0.3, -0.25) is 4.79 Å². The number of hydrogen-bond acceptors (Lipinski definition) is 2. The number of carbonyl (C=O) groups excluding carboxylic acids is 1. The summed E-state index contributed by atoms with van der Waals surface area (Å²) in [6.45, 7) is 1.37. The summed E-state index contributed by atoms with van der Waals surface area (Å²) in [7, 11) is 0. The van der Waals surface area contributed by atoms with E-state index in [4.69, 9.17) is 16.3 Å². The van der Waals surface area contributed by atoms with Crippen molar-refractivity contribution >= 4 is 17.4 Å². The third-order valence-corrected chi connectivity index (χ3v) is 3.29. The average molecular weight is 329 g/mol. The van der Waals surface area contributed by atoms with Gasteiger partial charge in [0.05, 0.1) is 10.6 Å². The summed E-state index contributed by atoms with van der Waals surface area (Å²) in [6, 6.07) is 9.44. The molecule has 0 aliphatic rings. The molecule has 0 fully saturated rings. The van der Waals surface area contributed by atoms with Crippen molar-refractivity contribution in [3.05, 3.63) is 64.2 Å². The first kappa shape index (κ1) is 16.4. The lowest BCUT2D eigenvalue weighted by molar-refractivity contribution is -0.137. The number of carbonyl (C=O) groups is 1. The Bertz CT molecular complexity index is 696. The molecule has 0 radical (unpaired) electrons. The zero-order valence-corrected chi connectivity index (χ0v) is 12.3. The maximum Gasteiger partial charge on any atom is 0.416 e. The van der Waals surface area contributed by atoms with Gasteiger partial charge in [-0.25, -0.2) is 0 Å². The lowest BCUT2D eigenvalue weighted by Crippen LogP contribution is -2.06. The second-order valence-corrected chi connectivity index (χ2v) is 5.09. The minimum Gasteiger partial charge on any atom is -0.489 e. The minimum atomic E-state index is -4.39. The first-order valence-corrected chi connectivity index (χ1v) is 6.74. The van der Waals surface area contributed by atoms with E-state index in [1.807, 2.05) is 0 Å². The second-order valence-electron chi connectivity index (χ2n) is 4.68. The number of halogens is 4. The van der Waals surface area contributed by atoms with Crippen LogP contribution in [-0.4, -0.2) is 5.78 Å². The third-order valence-electron chi connectivity index (χ3n) is 2.98.